The molecular formula is C25H34BrN3O4S. The van der Waals surface area contributed by atoms with Crippen molar-refractivity contribution in [2.45, 2.75) is 59.7 Å². The summed E-state index contributed by atoms with van der Waals surface area (Å²) in [6.45, 7) is 9.11. The third-order valence-electron chi connectivity index (χ3n) is 5.88. The van der Waals surface area contributed by atoms with Crippen molar-refractivity contribution >= 4 is 43.5 Å². The molecule has 0 saturated heterocycles. The van der Waals surface area contributed by atoms with Crippen molar-refractivity contribution in [1.29, 1.82) is 0 Å². The summed E-state index contributed by atoms with van der Waals surface area (Å²) in [4.78, 5) is 27.9. The quantitative estimate of drug-likeness (QED) is 0.480. The van der Waals surface area contributed by atoms with Crippen molar-refractivity contribution in [3.05, 3.63) is 63.6 Å². The van der Waals surface area contributed by atoms with Crippen LogP contribution in [0.4, 0.5) is 5.69 Å². The second kappa shape index (κ2) is 11.8. The fourth-order valence-corrected chi connectivity index (χ4v) is 4.50. The third kappa shape index (κ3) is 7.30. The van der Waals surface area contributed by atoms with Crippen molar-refractivity contribution < 1.29 is 18.0 Å². The maximum Gasteiger partial charge on any atom is 0.244 e. The molecule has 7 nitrogen and oxygen atoms in total. The Morgan fingerprint density at radius 2 is 1.71 bits per heavy atom. The first-order valence-electron chi connectivity index (χ1n) is 11.2. The van der Waals surface area contributed by atoms with Crippen LogP contribution >= 0.6 is 15.9 Å². The number of amides is 2. The van der Waals surface area contributed by atoms with Crippen LogP contribution in [0.2, 0.25) is 0 Å². The molecule has 2 atom stereocenters. The van der Waals surface area contributed by atoms with Crippen LogP contribution in [0.25, 0.3) is 0 Å². The largest absolute Gasteiger partial charge is 0.352 e. The highest BCUT2D eigenvalue weighted by atomic mass is 79.9. The normalized spacial score (nSPS) is 13.1. The Kier molecular flexibility index (Phi) is 9.70. The molecule has 0 radical (unpaired) electrons. The van der Waals surface area contributed by atoms with E-state index in [0.29, 0.717) is 5.69 Å². The molecule has 2 rings (SSSR count). The molecule has 1 N–H and O–H groups in total. The fraction of sp³-hybridized carbons (Fsp3) is 0.440. The van der Waals surface area contributed by atoms with E-state index < -0.39 is 28.5 Å². The number of carbonyl (C=O) groups excluding carboxylic acids is 2. The number of hydrogen-bond donors (Lipinski definition) is 1. The molecule has 0 fully saturated rings. The molecule has 2 aromatic rings. The second-order valence-corrected chi connectivity index (χ2v) is 11.4. The highest BCUT2D eigenvalue weighted by Gasteiger charge is 2.30. The maximum absolute atomic E-state index is 13.6. The van der Waals surface area contributed by atoms with E-state index in [4.69, 9.17) is 0 Å². The Morgan fingerprint density at radius 1 is 1.06 bits per heavy atom. The first kappa shape index (κ1) is 27.9. The van der Waals surface area contributed by atoms with E-state index in [9.17, 15) is 18.0 Å². The number of hydrogen-bond acceptors (Lipinski definition) is 4. The van der Waals surface area contributed by atoms with E-state index >= 15 is 0 Å². The van der Waals surface area contributed by atoms with Gasteiger partial charge in [-0.1, -0.05) is 47.1 Å². The molecule has 9 heteroatoms. The minimum Gasteiger partial charge on any atom is -0.352 e. The van der Waals surface area contributed by atoms with E-state index in [0.717, 1.165) is 38.1 Å². The predicted octanol–water partition coefficient (Wildman–Crippen LogP) is 4.16. The van der Waals surface area contributed by atoms with Gasteiger partial charge in [0.1, 0.15) is 12.6 Å². The van der Waals surface area contributed by atoms with Gasteiger partial charge in [0.05, 0.1) is 11.9 Å². The van der Waals surface area contributed by atoms with Crippen molar-refractivity contribution in [2.24, 2.45) is 0 Å². The molecule has 0 saturated carbocycles. The van der Waals surface area contributed by atoms with Gasteiger partial charge in [0, 0.05) is 17.1 Å². The van der Waals surface area contributed by atoms with Crippen LogP contribution in [-0.2, 0) is 26.2 Å². The summed E-state index contributed by atoms with van der Waals surface area (Å²) in [5.74, 6) is -0.734. The molecule has 2 amide bonds. The van der Waals surface area contributed by atoms with Crippen LogP contribution in [0.1, 0.15) is 43.9 Å². The van der Waals surface area contributed by atoms with Gasteiger partial charge in [-0.2, -0.15) is 0 Å². The Bertz CT molecular complexity index is 1140. The summed E-state index contributed by atoms with van der Waals surface area (Å²) in [6.07, 6.45) is 1.83. The van der Waals surface area contributed by atoms with Crippen molar-refractivity contribution in [2.75, 3.05) is 17.1 Å². The highest BCUT2D eigenvalue weighted by molar-refractivity contribution is 9.10. The molecule has 0 spiro atoms. The predicted molar refractivity (Wildman–Crippen MR) is 140 cm³/mol. The number of nitrogens with one attached hydrogen (secondary N) is 1. The number of halogens is 1. The zero-order valence-corrected chi connectivity index (χ0v) is 23.0. The van der Waals surface area contributed by atoms with Gasteiger partial charge in [0.15, 0.2) is 0 Å². The summed E-state index contributed by atoms with van der Waals surface area (Å²) >= 11 is 3.42. The maximum atomic E-state index is 13.6. The minimum atomic E-state index is -3.76. The molecule has 2 aromatic carbocycles. The Balaban J connectivity index is 2.42. The Morgan fingerprint density at radius 3 is 2.26 bits per heavy atom. The van der Waals surface area contributed by atoms with E-state index in [1.807, 2.05) is 52.0 Å². The lowest BCUT2D eigenvalue weighted by atomic mass is 10.1. The van der Waals surface area contributed by atoms with Crippen molar-refractivity contribution in [3.63, 3.8) is 0 Å². The molecule has 34 heavy (non-hydrogen) atoms. The molecule has 0 unspecified atom stereocenters. The van der Waals surface area contributed by atoms with Gasteiger partial charge < -0.3 is 10.2 Å². The molecule has 0 aliphatic rings. The third-order valence-corrected chi connectivity index (χ3v) is 7.91. The van der Waals surface area contributed by atoms with Gasteiger partial charge in [0.25, 0.3) is 0 Å². The van der Waals surface area contributed by atoms with Crippen LogP contribution in [0, 0.1) is 13.8 Å². The lowest BCUT2D eigenvalue weighted by Gasteiger charge is -2.32. The van der Waals surface area contributed by atoms with E-state index in [2.05, 4.69) is 21.2 Å². The lowest BCUT2D eigenvalue weighted by molar-refractivity contribution is -0.139. The molecule has 0 heterocycles. The van der Waals surface area contributed by atoms with Crippen molar-refractivity contribution in [1.82, 2.24) is 10.2 Å². The first-order chi connectivity index (χ1) is 15.8. The topological polar surface area (TPSA) is 86.8 Å². The number of anilines is 1. The monoisotopic (exact) mass is 551 g/mol. The molecular weight excluding hydrogens is 518 g/mol. The average Bonchev–Trinajstić information content (AvgIpc) is 2.77. The lowest BCUT2D eigenvalue weighted by Crippen LogP contribution is -2.52. The molecule has 0 aromatic heterocycles. The molecule has 186 valence electrons. The van der Waals surface area contributed by atoms with Crippen LogP contribution in [0.15, 0.2) is 46.9 Å². The Labute approximate surface area is 211 Å². The van der Waals surface area contributed by atoms with Gasteiger partial charge in [-0.15, -0.1) is 0 Å². The molecule has 0 aliphatic heterocycles. The molecule has 0 bridgehead atoms. The number of rotatable bonds is 10. The van der Waals surface area contributed by atoms with Crippen LogP contribution in [0.3, 0.4) is 0 Å². The SMILES string of the molecule is CC[C@@H](C)NC(=O)[C@H](C)N(Cc1ccccc1C)C(=O)CN(c1ccc(Br)c(C)c1)S(C)(=O)=O. The summed E-state index contributed by atoms with van der Waals surface area (Å²) in [6, 6.07) is 11.9. The van der Waals surface area contributed by atoms with Gasteiger partial charge >= 0.3 is 0 Å². The van der Waals surface area contributed by atoms with Gasteiger partial charge in [-0.25, -0.2) is 8.42 Å². The van der Waals surface area contributed by atoms with Gasteiger partial charge in [0.2, 0.25) is 21.8 Å². The zero-order valence-electron chi connectivity index (χ0n) is 20.6. The highest BCUT2D eigenvalue weighted by Crippen LogP contribution is 2.25. The zero-order chi connectivity index (χ0) is 25.6. The minimum absolute atomic E-state index is 0.0383. The van der Waals surface area contributed by atoms with E-state index in [1.54, 1.807) is 25.1 Å². The summed E-state index contributed by atoms with van der Waals surface area (Å²) < 4.78 is 27.2. The summed E-state index contributed by atoms with van der Waals surface area (Å²) in [5.41, 5.74) is 3.11. The Hall–Kier alpha value is -2.39. The number of nitrogens with zero attached hydrogens (tertiary/aromatic N) is 2. The first-order valence-corrected chi connectivity index (χ1v) is 13.9. The standard InChI is InChI=1S/C25H34BrN3O4S/c1-7-19(4)27-25(31)20(5)28(15-21-11-9-8-10-17(21)2)24(30)16-29(34(6,32)33)22-12-13-23(26)18(3)14-22/h8-14,19-20H,7,15-16H2,1-6H3,(H,27,31)/t19-,20+/m1/s1. The van der Waals surface area contributed by atoms with E-state index in [-0.39, 0.29) is 18.5 Å². The number of aryl methyl sites for hydroxylation is 2. The van der Waals surface area contributed by atoms with Crippen LogP contribution in [-0.4, -0.2) is 50.0 Å². The summed E-state index contributed by atoms with van der Waals surface area (Å²) in [5, 5.41) is 2.92. The van der Waals surface area contributed by atoms with Gasteiger partial charge in [-0.3, -0.25) is 13.9 Å². The fourth-order valence-electron chi connectivity index (χ4n) is 3.42. The van der Waals surface area contributed by atoms with E-state index in [1.165, 1.54) is 4.90 Å². The summed E-state index contributed by atoms with van der Waals surface area (Å²) in [7, 11) is -3.76. The number of benzene rings is 2. The number of carbonyl (C=O) groups is 2. The van der Waals surface area contributed by atoms with Gasteiger partial charge in [-0.05, 0) is 69.0 Å². The smallest absolute Gasteiger partial charge is 0.244 e. The molecule has 0 aliphatic carbocycles. The average molecular weight is 553 g/mol. The van der Waals surface area contributed by atoms with Crippen molar-refractivity contribution in [3.8, 4) is 0 Å². The van der Waals surface area contributed by atoms with Crippen LogP contribution in [0.5, 0.6) is 0 Å². The second-order valence-electron chi connectivity index (χ2n) is 8.65. The number of sulfonamides is 1. The van der Waals surface area contributed by atoms with Crippen LogP contribution < -0.4 is 9.62 Å².